The topological polar surface area (TPSA) is 75.6 Å². The number of benzene rings is 1. The Bertz CT molecular complexity index is 486. The van der Waals surface area contributed by atoms with Crippen molar-refractivity contribution in [2.75, 3.05) is 13.7 Å². The number of halogens is 3. The van der Waals surface area contributed by atoms with E-state index in [2.05, 4.69) is 26.0 Å². The van der Waals surface area contributed by atoms with Gasteiger partial charge in [-0.2, -0.15) is 0 Å². The highest BCUT2D eigenvalue weighted by Gasteiger charge is 2.21. The number of carbonyl (C=O) groups excluding carboxylic acids is 1. The lowest BCUT2D eigenvalue weighted by molar-refractivity contribution is -0.148. The standard InChI is InChI=1S/C11H10BrF2NO4/c1-19-8(11(17)18)4-15-10(16)9-6(13)2-5(12)3-7(9)14/h2-3,8H,4H2,1H3,(H,15,16)(H,17,18). The number of ether oxygens (including phenoxy) is 1. The molecule has 1 atom stereocenters. The zero-order chi connectivity index (χ0) is 14.6. The van der Waals surface area contributed by atoms with Gasteiger partial charge in [0.25, 0.3) is 5.91 Å². The second kappa shape index (κ2) is 6.58. The summed E-state index contributed by atoms with van der Waals surface area (Å²) in [5.74, 6) is -4.44. The fraction of sp³-hybridized carbons (Fsp3) is 0.273. The first-order valence-electron chi connectivity index (χ1n) is 5.05. The minimum atomic E-state index is -1.29. The molecule has 0 aliphatic carbocycles. The molecule has 0 aromatic heterocycles. The van der Waals surface area contributed by atoms with Crippen molar-refractivity contribution in [2.45, 2.75) is 6.10 Å². The molecule has 1 amide bonds. The number of hydrogen-bond acceptors (Lipinski definition) is 3. The summed E-state index contributed by atoms with van der Waals surface area (Å²) in [7, 11) is 1.14. The third kappa shape index (κ3) is 3.97. The van der Waals surface area contributed by atoms with E-state index in [4.69, 9.17) is 5.11 Å². The molecule has 0 aliphatic rings. The van der Waals surface area contributed by atoms with E-state index in [0.29, 0.717) is 0 Å². The number of hydrogen-bond donors (Lipinski definition) is 2. The molecular weight excluding hydrogens is 328 g/mol. The van der Waals surface area contributed by atoms with Crippen LogP contribution in [0.5, 0.6) is 0 Å². The van der Waals surface area contributed by atoms with Crippen LogP contribution in [0.1, 0.15) is 10.4 Å². The predicted molar refractivity (Wildman–Crippen MR) is 64.8 cm³/mol. The zero-order valence-corrected chi connectivity index (χ0v) is 11.3. The van der Waals surface area contributed by atoms with Crippen molar-refractivity contribution >= 4 is 27.8 Å². The molecule has 2 N–H and O–H groups in total. The van der Waals surface area contributed by atoms with Crippen molar-refractivity contribution in [1.82, 2.24) is 5.32 Å². The summed E-state index contributed by atoms with van der Waals surface area (Å²) in [5.41, 5.74) is -0.775. The Hall–Kier alpha value is -1.54. The highest BCUT2D eigenvalue weighted by atomic mass is 79.9. The Morgan fingerprint density at radius 3 is 2.37 bits per heavy atom. The molecule has 0 saturated carbocycles. The van der Waals surface area contributed by atoms with Crippen LogP contribution >= 0.6 is 15.9 Å². The molecule has 1 aromatic carbocycles. The van der Waals surface area contributed by atoms with E-state index in [1.54, 1.807) is 0 Å². The highest BCUT2D eigenvalue weighted by Crippen LogP contribution is 2.19. The number of carboxylic acid groups (broad SMARTS) is 1. The average Bonchev–Trinajstić information content (AvgIpc) is 2.27. The van der Waals surface area contributed by atoms with Crippen molar-refractivity contribution in [3.8, 4) is 0 Å². The third-order valence-electron chi connectivity index (χ3n) is 2.24. The van der Waals surface area contributed by atoms with Crippen molar-refractivity contribution in [3.63, 3.8) is 0 Å². The summed E-state index contributed by atoms with van der Waals surface area (Å²) in [5, 5.41) is 10.8. The SMILES string of the molecule is COC(CNC(=O)c1c(F)cc(Br)cc1F)C(=O)O. The Morgan fingerprint density at radius 2 is 1.95 bits per heavy atom. The minimum Gasteiger partial charge on any atom is -0.479 e. The summed E-state index contributed by atoms with van der Waals surface area (Å²) in [4.78, 5) is 22.2. The van der Waals surface area contributed by atoms with Gasteiger partial charge in [0, 0.05) is 11.6 Å². The van der Waals surface area contributed by atoms with Gasteiger partial charge in [-0.25, -0.2) is 13.6 Å². The molecule has 8 heteroatoms. The zero-order valence-electron chi connectivity index (χ0n) is 9.75. The fourth-order valence-corrected chi connectivity index (χ4v) is 1.71. The van der Waals surface area contributed by atoms with Gasteiger partial charge in [0.2, 0.25) is 0 Å². The molecule has 0 aliphatic heterocycles. The maximum absolute atomic E-state index is 13.4. The Labute approximate surface area is 115 Å². The number of carboxylic acids is 1. The molecule has 0 heterocycles. The maximum Gasteiger partial charge on any atom is 0.334 e. The number of rotatable bonds is 5. The van der Waals surface area contributed by atoms with E-state index in [-0.39, 0.29) is 4.47 Å². The van der Waals surface area contributed by atoms with Gasteiger partial charge in [-0.1, -0.05) is 15.9 Å². The van der Waals surface area contributed by atoms with E-state index in [0.717, 1.165) is 19.2 Å². The molecule has 1 aromatic rings. The molecule has 5 nitrogen and oxygen atoms in total. The van der Waals surface area contributed by atoms with Gasteiger partial charge in [-0.05, 0) is 12.1 Å². The van der Waals surface area contributed by atoms with Crippen molar-refractivity contribution in [3.05, 3.63) is 33.8 Å². The summed E-state index contributed by atoms with van der Waals surface area (Å²) < 4.78 is 31.6. The highest BCUT2D eigenvalue weighted by molar-refractivity contribution is 9.10. The van der Waals surface area contributed by atoms with Crippen LogP contribution in [-0.2, 0) is 9.53 Å². The number of amides is 1. The molecule has 0 radical (unpaired) electrons. The number of aliphatic carboxylic acids is 1. The van der Waals surface area contributed by atoms with Crippen LogP contribution < -0.4 is 5.32 Å². The summed E-state index contributed by atoms with van der Waals surface area (Å²) in [6.07, 6.45) is -1.29. The lowest BCUT2D eigenvalue weighted by Crippen LogP contribution is -2.38. The smallest absolute Gasteiger partial charge is 0.334 e. The molecule has 0 bridgehead atoms. The Morgan fingerprint density at radius 1 is 1.42 bits per heavy atom. The quantitative estimate of drug-likeness (QED) is 0.854. The van der Waals surface area contributed by atoms with E-state index < -0.39 is 41.7 Å². The van der Waals surface area contributed by atoms with Crippen molar-refractivity contribution < 1.29 is 28.2 Å². The van der Waals surface area contributed by atoms with Crippen LogP contribution in [0.15, 0.2) is 16.6 Å². The minimum absolute atomic E-state index is 0.152. The second-order valence-electron chi connectivity index (χ2n) is 3.52. The van der Waals surface area contributed by atoms with Gasteiger partial charge in [0.1, 0.15) is 17.2 Å². The first-order valence-corrected chi connectivity index (χ1v) is 5.84. The van der Waals surface area contributed by atoms with Crippen LogP contribution in [0.3, 0.4) is 0 Å². The van der Waals surface area contributed by atoms with Gasteiger partial charge in [-0.15, -0.1) is 0 Å². The van der Waals surface area contributed by atoms with Crippen LogP contribution in [-0.4, -0.2) is 36.7 Å². The molecule has 1 rings (SSSR count). The second-order valence-corrected chi connectivity index (χ2v) is 4.43. The summed E-state index contributed by atoms with van der Waals surface area (Å²) in [6.45, 7) is -0.403. The van der Waals surface area contributed by atoms with Gasteiger partial charge >= 0.3 is 5.97 Å². The molecule has 0 fully saturated rings. The number of nitrogens with one attached hydrogen (secondary N) is 1. The van der Waals surface area contributed by atoms with Crippen LogP contribution in [0, 0.1) is 11.6 Å². The fourth-order valence-electron chi connectivity index (χ4n) is 1.30. The van der Waals surface area contributed by atoms with Crippen molar-refractivity contribution in [2.24, 2.45) is 0 Å². The Balaban J connectivity index is 2.82. The van der Waals surface area contributed by atoms with Gasteiger partial charge < -0.3 is 15.2 Å². The first kappa shape index (κ1) is 15.5. The first-order chi connectivity index (χ1) is 8.86. The normalized spacial score (nSPS) is 12.0. The largest absolute Gasteiger partial charge is 0.479 e. The van der Waals surface area contributed by atoms with Crippen LogP contribution in [0.2, 0.25) is 0 Å². The third-order valence-corrected chi connectivity index (χ3v) is 2.70. The maximum atomic E-state index is 13.4. The monoisotopic (exact) mass is 337 g/mol. The lowest BCUT2D eigenvalue weighted by atomic mass is 10.2. The number of carbonyl (C=O) groups is 2. The van der Waals surface area contributed by atoms with E-state index in [9.17, 15) is 18.4 Å². The van der Waals surface area contributed by atoms with E-state index in [1.807, 2.05) is 0 Å². The lowest BCUT2D eigenvalue weighted by Gasteiger charge is -2.12. The predicted octanol–water partition coefficient (Wildman–Crippen LogP) is 1.56. The molecule has 0 saturated heterocycles. The van der Waals surface area contributed by atoms with E-state index in [1.165, 1.54) is 0 Å². The molecule has 19 heavy (non-hydrogen) atoms. The molecule has 0 spiro atoms. The van der Waals surface area contributed by atoms with Gasteiger partial charge in [0.15, 0.2) is 6.10 Å². The molecular formula is C11H10BrF2NO4. The van der Waals surface area contributed by atoms with Gasteiger partial charge in [-0.3, -0.25) is 4.79 Å². The van der Waals surface area contributed by atoms with E-state index >= 15 is 0 Å². The van der Waals surface area contributed by atoms with Crippen molar-refractivity contribution in [1.29, 1.82) is 0 Å². The Kier molecular flexibility index (Phi) is 5.37. The summed E-state index contributed by atoms with van der Waals surface area (Å²) in [6, 6.07) is 1.87. The van der Waals surface area contributed by atoms with Crippen LogP contribution in [0.25, 0.3) is 0 Å². The molecule has 1 unspecified atom stereocenters. The summed E-state index contributed by atoms with van der Waals surface area (Å²) >= 11 is 2.88. The number of methoxy groups -OCH3 is 1. The van der Waals surface area contributed by atoms with Gasteiger partial charge in [0.05, 0.1) is 6.54 Å². The average molecular weight is 338 g/mol. The molecule has 104 valence electrons. The van der Waals surface area contributed by atoms with Crippen LogP contribution in [0.4, 0.5) is 8.78 Å².